The van der Waals surface area contributed by atoms with E-state index >= 15 is 0 Å². The summed E-state index contributed by atoms with van der Waals surface area (Å²) in [6, 6.07) is 12.6. The van der Waals surface area contributed by atoms with Gasteiger partial charge in [0.2, 0.25) is 16.0 Å². The van der Waals surface area contributed by atoms with E-state index in [-0.39, 0.29) is 4.90 Å². The van der Waals surface area contributed by atoms with Crippen molar-refractivity contribution in [2.75, 3.05) is 56.0 Å². The fourth-order valence-corrected chi connectivity index (χ4v) is 4.48. The van der Waals surface area contributed by atoms with E-state index in [9.17, 15) is 8.42 Å². The van der Waals surface area contributed by atoms with E-state index in [0.717, 1.165) is 24.3 Å². The van der Waals surface area contributed by atoms with Gasteiger partial charge in [0.25, 0.3) is 0 Å². The molecule has 1 aliphatic rings. The summed E-state index contributed by atoms with van der Waals surface area (Å²) in [4.78, 5) is 11.3. The van der Waals surface area contributed by atoms with Gasteiger partial charge in [-0.05, 0) is 38.2 Å². The molecule has 34 heavy (non-hydrogen) atoms. The monoisotopic (exact) mass is 484 g/mol. The van der Waals surface area contributed by atoms with Crippen molar-refractivity contribution in [3.63, 3.8) is 0 Å². The van der Waals surface area contributed by atoms with Crippen LogP contribution in [-0.2, 0) is 14.8 Å². The fraction of sp³-hybridized carbons (Fsp3) is 0.304. The number of hydrogen-bond donors (Lipinski definition) is 3. The first kappa shape index (κ1) is 23.7. The van der Waals surface area contributed by atoms with Crippen LogP contribution in [0.4, 0.5) is 28.8 Å². The Kier molecular flexibility index (Phi) is 7.15. The van der Waals surface area contributed by atoms with E-state index in [0.29, 0.717) is 42.1 Å². The largest absolute Gasteiger partial charge is 0.494 e. The number of benzene rings is 2. The first-order chi connectivity index (χ1) is 16.4. The van der Waals surface area contributed by atoms with Crippen LogP contribution in [0, 0.1) is 6.92 Å². The van der Waals surface area contributed by atoms with Gasteiger partial charge in [-0.3, -0.25) is 0 Å². The predicted molar refractivity (Wildman–Crippen MR) is 132 cm³/mol. The van der Waals surface area contributed by atoms with Crippen LogP contribution >= 0.6 is 0 Å². The van der Waals surface area contributed by atoms with Gasteiger partial charge in [0.15, 0.2) is 0 Å². The highest BCUT2D eigenvalue weighted by Crippen LogP contribution is 2.32. The molecule has 1 aromatic heterocycles. The third kappa shape index (κ3) is 5.22. The number of methoxy groups -OCH3 is 1. The molecule has 1 saturated heterocycles. The summed E-state index contributed by atoms with van der Waals surface area (Å²) in [6.45, 7) is 4.91. The third-order valence-corrected chi connectivity index (χ3v) is 6.95. The number of nitrogens with zero attached hydrogens (tertiary/aromatic N) is 3. The number of aromatic nitrogens is 2. The van der Waals surface area contributed by atoms with Crippen LogP contribution in [0.15, 0.2) is 53.6 Å². The van der Waals surface area contributed by atoms with Gasteiger partial charge in [-0.1, -0.05) is 12.1 Å². The number of rotatable bonds is 8. The highest BCUT2D eigenvalue weighted by Gasteiger charge is 2.18. The maximum atomic E-state index is 12.4. The lowest BCUT2D eigenvalue weighted by molar-refractivity contribution is 0.122. The molecule has 0 radical (unpaired) electrons. The van der Waals surface area contributed by atoms with Crippen molar-refractivity contribution in [3.05, 3.63) is 54.2 Å². The second kappa shape index (κ2) is 10.2. The van der Waals surface area contributed by atoms with E-state index in [1.54, 1.807) is 31.5 Å². The summed E-state index contributed by atoms with van der Waals surface area (Å²) in [5, 5.41) is 6.33. The standard InChI is InChI=1S/C23H28N6O4S/c1-16-15-25-23(28-22(16)26-19-6-4-5-7-21(19)34(30,31)24-2)27-18-9-8-17(14-20(18)32-3)29-10-12-33-13-11-29/h4-9,14-15,24H,10-13H2,1-3H3,(H2,25,26,27,28). The first-order valence-corrected chi connectivity index (χ1v) is 12.3. The highest BCUT2D eigenvalue weighted by atomic mass is 32.2. The molecule has 11 heteroatoms. The molecule has 10 nitrogen and oxygen atoms in total. The van der Waals surface area contributed by atoms with Gasteiger partial charge in [-0.25, -0.2) is 18.1 Å². The molecule has 4 rings (SSSR count). The summed E-state index contributed by atoms with van der Waals surface area (Å²) in [5.74, 6) is 1.49. The van der Waals surface area contributed by atoms with E-state index in [1.165, 1.54) is 13.1 Å². The molecular formula is C23H28N6O4S. The lowest BCUT2D eigenvalue weighted by Gasteiger charge is -2.29. The molecular weight excluding hydrogens is 456 g/mol. The Balaban J connectivity index is 1.59. The second-order valence-electron chi connectivity index (χ2n) is 7.66. The molecule has 0 bridgehead atoms. The van der Waals surface area contributed by atoms with E-state index in [4.69, 9.17) is 9.47 Å². The van der Waals surface area contributed by atoms with Crippen LogP contribution in [0.25, 0.3) is 0 Å². The zero-order valence-corrected chi connectivity index (χ0v) is 20.1. The molecule has 0 atom stereocenters. The number of hydrogen-bond acceptors (Lipinski definition) is 9. The van der Waals surface area contributed by atoms with Crippen molar-refractivity contribution in [1.29, 1.82) is 0 Å². The Hall–Kier alpha value is -3.41. The Bertz CT molecular complexity index is 1260. The molecule has 1 fully saturated rings. The van der Waals surface area contributed by atoms with Crippen LogP contribution in [-0.4, -0.2) is 58.8 Å². The molecule has 3 aromatic rings. The Morgan fingerprint density at radius 1 is 1.06 bits per heavy atom. The maximum absolute atomic E-state index is 12.4. The van der Waals surface area contributed by atoms with Crippen LogP contribution in [0.3, 0.4) is 0 Å². The quantitative estimate of drug-likeness (QED) is 0.443. The average molecular weight is 485 g/mol. The molecule has 3 N–H and O–H groups in total. The van der Waals surface area contributed by atoms with Gasteiger partial charge in [0.05, 0.1) is 31.7 Å². The van der Waals surface area contributed by atoms with E-state index < -0.39 is 10.0 Å². The topological polar surface area (TPSA) is 118 Å². The minimum Gasteiger partial charge on any atom is -0.494 e. The van der Waals surface area contributed by atoms with Crippen molar-refractivity contribution in [1.82, 2.24) is 14.7 Å². The number of para-hydroxylation sites is 1. The summed E-state index contributed by atoms with van der Waals surface area (Å²) in [6.07, 6.45) is 1.67. The Morgan fingerprint density at radius 2 is 1.82 bits per heavy atom. The average Bonchev–Trinajstić information content (AvgIpc) is 2.87. The molecule has 2 aromatic carbocycles. The zero-order chi connectivity index (χ0) is 24.1. The number of aryl methyl sites for hydroxylation is 1. The molecule has 0 spiro atoms. The van der Waals surface area contributed by atoms with Gasteiger partial charge in [0, 0.05) is 36.6 Å². The lowest BCUT2D eigenvalue weighted by Crippen LogP contribution is -2.36. The molecule has 1 aliphatic heterocycles. The summed E-state index contributed by atoms with van der Waals surface area (Å²) >= 11 is 0. The SMILES string of the molecule is CNS(=O)(=O)c1ccccc1Nc1nc(Nc2ccc(N3CCOCC3)cc2OC)ncc1C. The van der Waals surface area contributed by atoms with Crippen molar-refractivity contribution >= 4 is 38.9 Å². The maximum Gasteiger partial charge on any atom is 0.242 e. The molecule has 0 unspecified atom stereocenters. The van der Waals surface area contributed by atoms with Crippen molar-refractivity contribution < 1.29 is 17.9 Å². The Labute approximate surface area is 199 Å². The van der Waals surface area contributed by atoms with E-state index in [2.05, 4.69) is 30.2 Å². The number of ether oxygens (including phenoxy) is 2. The van der Waals surface area contributed by atoms with E-state index in [1.807, 2.05) is 25.1 Å². The number of nitrogens with one attached hydrogen (secondary N) is 3. The predicted octanol–water partition coefficient (Wildman–Crippen LogP) is 3.03. The number of morpholine rings is 1. The molecule has 0 aliphatic carbocycles. The molecule has 0 saturated carbocycles. The Morgan fingerprint density at radius 3 is 2.56 bits per heavy atom. The van der Waals surface area contributed by atoms with Gasteiger partial charge >= 0.3 is 0 Å². The smallest absolute Gasteiger partial charge is 0.242 e. The van der Waals surface area contributed by atoms with Crippen LogP contribution in [0.1, 0.15) is 5.56 Å². The highest BCUT2D eigenvalue weighted by molar-refractivity contribution is 7.89. The molecule has 180 valence electrons. The summed E-state index contributed by atoms with van der Waals surface area (Å²) in [5.41, 5.74) is 2.95. The third-order valence-electron chi connectivity index (χ3n) is 5.48. The number of anilines is 5. The molecule has 0 amide bonds. The van der Waals surface area contributed by atoms with Crippen LogP contribution in [0.5, 0.6) is 5.75 Å². The van der Waals surface area contributed by atoms with Crippen molar-refractivity contribution in [2.24, 2.45) is 0 Å². The molecule has 2 heterocycles. The van der Waals surface area contributed by atoms with Crippen LogP contribution in [0.2, 0.25) is 0 Å². The number of sulfonamides is 1. The summed E-state index contributed by atoms with van der Waals surface area (Å²) in [7, 11) is -0.649. The van der Waals surface area contributed by atoms with Crippen molar-refractivity contribution in [3.8, 4) is 5.75 Å². The van der Waals surface area contributed by atoms with Crippen LogP contribution < -0.4 is 25.0 Å². The fourth-order valence-electron chi connectivity index (χ4n) is 3.59. The minimum atomic E-state index is -3.64. The van der Waals surface area contributed by atoms with Crippen molar-refractivity contribution in [2.45, 2.75) is 11.8 Å². The lowest BCUT2D eigenvalue weighted by atomic mass is 10.2. The zero-order valence-electron chi connectivity index (χ0n) is 19.3. The second-order valence-corrected chi connectivity index (χ2v) is 9.52. The first-order valence-electron chi connectivity index (χ1n) is 10.8. The van der Waals surface area contributed by atoms with Gasteiger partial charge in [0.1, 0.15) is 16.5 Å². The van der Waals surface area contributed by atoms with Gasteiger partial charge in [-0.2, -0.15) is 4.98 Å². The van der Waals surface area contributed by atoms with Gasteiger partial charge in [-0.15, -0.1) is 0 Å². The minimum absolute atomic E-state index is 0.130. The summed E-state index contributed by atoms with van der Waals surface area (Å²) < 4.78 is 38.2. The van der Waals surface area contributed by atoms with Gasteiger partial charge < -0.3 is 25.0 Å². The normalized spacial score (nSPS) is 14.0.